The minimum atomic E-state index is -1.13. The van der Waals surface area contributed by atoms with Crippen LogP contribution < -0.4 is 0 Å². The molecule has 1 aromatic heterocycles. The number of rotatable bonds is 3. The molecular weight excluding hydrogens is 252 g/mol. The van der Waals surface area contributed by atoms with Gasteiger partial charge < -0.3 is 9.67 Å². The Hall–Kier alpha value is -2.17. The SMILES string of the molecule is CC(C)n1c(C(=O)O)ccc1-c1c(F)cccc1F. The molecule has 0 bridgehead atoms. The van der Waals surface area contributed by atoms with Gasteiger partial charge in [-0.05, 0) is 38.1 Å². The lowest BCUT2D eigenvalue weighted by Crippen LogP contribution is -2.12. The number of benzene rings is 1. The van der Waals surface area contributed by atoms with E-state index in [1.165, 1.54) is 22.8 Å². The van der Waals surface area contributed by atoms with Crippen LogP contribution in [-0.2, 0) is 0 Å². The second-order valence-corrected chi connectivity index (χ2v) is 4.47. The van der Waals surface area contributed by atoms with Gasteiger partial charge >= 0.3 is 5.97 Å². The summed E-state index contributed by atoms with van der Waals surface area (Å²) in [4.78, 5) is 11.1. The third-order valence-corrected chi connectivity index (χ3v) is 2.87. The molecule has 3 nitrogen and oxygen atoms in total. The van der Waals surface area contributed by atoms with E-state index in [1.54, 1.807) is 13.8 Å². The molecule has 2 aromatic rings. The molecule has 0 saturated heterocycles. The van der Waals surface area contributed by atoms with Crippen molar-refractivity contribution in [3.05, 3.63) is 47.7 Å². The van der Waals surface area contributed by atoms with Gasteiger partial charge in [-0.3, -0.25) is 0 Å². The molecule has 0 aliphatic carbocycles. The Labute approximate surface area is 109 Å². The second kappa shape index (κ2) is 4.84. The quantitative estimate of drug-likeness (QED) is 0.919. The molecule has 0 fully saturated rings. The number of hydrogen-bond acceptors (Lipinski definition) is 1. The molecule has 0 aliphatic rings. The number of carboxylic acid groups (broad SMARTS) is 1. The largest absolute Gasteiger partial charge is 0.477 e. The number of carboxylic acids is 1. The van der Waals surface area contributed by atoms with Gasteiger partial charge in [-0.15, -0.1) is 0 Å². The summed E-state index contributed by atoms with van der Waals surface area (Å²) in [5, 5.41) is 9.11. The highest BCUT2D eigenvalue weighted by Gasteiger charge is 2.21. The molecule has 0 spiro atoms. The highest BCUT2D eigenvalue weighted by Crippen LogP contribution is 2.30. The van der Waals surface area contributed by atoms with Crippen molar-refractivity contribution in [3.63, 3.8) is 0 Å². The van der Waals surface area contributed by atoms with Gasteiger partial charge in [0, 0.05) is 6.04 Å². The number of nitrogens with zero attached hydrogens (tertiary/aromatic N) is 1. The van der Waals surface area contributed by atoms with Gasteiger partial charge in [0.1, 0.15) is 17.3 Å². The Morgan fingerprint density at radius 1 is 1.16 bits per heavy atom. The van der Waals surface area contributed by atoms with Crippen molar-refractivity contribution in [2.24, 2.45) is 0 Å². The van der Waals surface area contributed by atoms with E-state index in [0.717, 1.165) is 12.1 Å². The van der Waals surface area contributed by atoms with Crippen LogP contribution in [0.5, 0.6) is 0 Å². The molecule has 1 aromatic carbocycles. The lowest BCUT2D eigenvalue weighted by Gasteiger charge is -2.16. The number of aromatic nitrogens is 1. The summed E-state index contributed by atoms with van der Waals surface area (Å²) in [5.41, 5.74) is 0.0272. The monoisotopic (exact) mass is 265 g/mol. The first-order valence-corrected chi connectivity index (χ1v) is 5.82. The lowest BCUT2D eigenvalue weighted by atomic mass is 10.1. The minimum absolute atomic E-state index is 0.00709. The van der Waals surface area contributed by atoms with Crippen molar-refractivity contribution in [3.8, 4) is 11.3 Å². The van der Waals surface area contributed by atoms with Gasteiger partial charge in [-0.2, -0.15) is 0 Å². The topological polar surface area (TPSA) is 42.2 Å². The second-order valence-electron chi connectivity index (χ2n) is 4.47. The third kappa shape index (κ3) is 2.23. The van der Waals surface area contributed by atoms with Crippen molar-refractivity contribution in [1.82, 2.24) is 4.57 Å². The zero-order valence-corrected chi connectivity index (χ0v) is 10.5. The van der Waals surface area contributed by atoms with E-state index in [0.29, 0.717) is 0 Å². The Bertz CT molecular complexity index is 612. The molecule has 0 aliphatic heterocycles. The Kier molecular flexibility index (Phi) is 3.38. The van der Waals surface area contributed by atoms with Crippen LogP contribution in [0.1, 0.15) is 30.4 Å². The van der Waals surface area contributed by atoms with Gasteiger partial charge in [0.25, 0.3) is 0 Å². The van der Waals surface area contributed by atoms with Crippen LogP contribution >= 0.6 is 0 Å². The number of hydrogen-bond donors (Lipinski definition) is 1. The van der Waals surface area contributed by atoms with Crippen LogP contribution in [0.15, 0.2) is 30.3 Å². The zero-order chi connectivity index (χ0) is 14.2. The summed E-state index contributed by atoms with van der Waals surface area (Å²) >= 11 is 0. The summed E-state index contributed by atoms with van der Waals surface area (Å²) in [6.45, 7) is 3.52. The van der Waals surface area contributed by atoms with E-state index in [-0.39, 0.29) is 23.0 Å². The van der Waals surface area contributed by atoms with Crippen molar-refractivity contribution in [2.75, 3.05) is 0 Å². The molecule has 19 heavy (non-hydrogen) atoms. The first-order chi connectivity index (χ1) is 8.93. The van der Waals surface area contributed by atoms with Crippen LogP contribution in [0.25, 0.3) is 11.3 Å². The first kappa shape index (κ1) is 13.3. The van der Waals surface area contributed by atoms with Crippen LogP contribution in [0, 0.1) is 11.6 Å². The Balaban J connectivity index is 2.73. The maximum absolute atomic E-state index is 13.8. The van der Waals surface area contributed by atoms with Crippen molar-refractivity contribution in [2.45, 2.75) is 19.9 Å². The molecular formula is C14H13F2NO2. The van der Waals surface area contributed by atoms with E-state index in [9.17, 15) is 13.6 Å². The van der Waals surface area contributed by atoms with Crippen molar-refractivity contribution in [1.29, 1.82) is 0 Å². The summed E-state index contributed by atoms with van der Waals surface area (Å²) < 4.78 is 29.0. The van der Waals surface area contributed by atoms with Gasteiger partial charge in [0.2, 0.25) is 0 Å². The Morgan fingerprint density at radius 3 is 2.21 bits per heavy atom. The summed E-state index contributed by atoms with van der Waals surface area (Å²) in [5.74, 6) is -2.55. The highest BCUT2D eigenvalue weighted by atomic mass is 19.1. The lowest BCUT2D eigenvalue weighted by molar-refractivity contribution is 0.0683. The van der Waals surface area contributed by atoms with Gasteiger partial charge in [0.05, 0.1) is 11.3 Å². The van der Waals surface area contributed by atoms with E-state index >= 15 is 0 Å². The maximum Gasteiger partial charge on any atom is 0.352 e. The van der Waals surface area contributed by atoms with E-state index < -0.39 is 17.6 Å². The zero-order valence-electron chi connectivity index (χ0n) is 10.5. The molecule has 5 heteroatoms. The number of carbonyl (C=O) groups is 1. The standard InChI is InChI=1S/C14H13F2NO2/c1-8(2)17-11(6-7-12(17)14(18)19)13-9(15)4-3-5-10(13)16/h3-8H,1-2H3,(H,18,19). The molecule has 1 N–H and O–H groups in total. The van der Waals surface area contributed by atoms with Crippen LogP contribution in [0.4, 0.5) is 8.78 Å². The molecule has 100 valence electrons. The van der Waals surface area contributed by atoms with E-state index in [4.69, 9.17) is 5.11 Å². The molecule has 2 rings (SSSR count). The molecule has 0 saturated carbocycles. The van der Waals surface area contributed by atoms with Gasteiger partial charge in [0.15, 0.2) is 0 Å². The van der Waals surface area contributed by atoms with E-state index in [1.807, 2.05) is 0 Å². The highest BCUT2D eigenvalue weighted by molar-refractivity contribution is 5.87. The fourth-order valence-corrected chi connectivity index (χ4v) is 2.13. The molecule has 0 amide bonds. The minimum Gasteiger partial charge on any atom is -0.477 e. The van der Waals surface area contributed by atoms with Crippen LogP contribution in [0.2, 0.25) is 0 Å². The van der Waals surface area contributed by atoms with E-state index in [2.05, 4.69) is 0 Å². The summed E-state index contributed by atoms with van der Waals surface area (Å²) in [6, 6.07) is 6.12. The fraction of sp³-hybridized carbons (Fsp3) is 0.214. The normalized spacial score (nSPS) is 11.0. The van der Waals surface area contributed by atoms with Crippen LogP contribution in [0.3, 0.4) is 0 Å². The number of halogens is 2. The van der Waals surface area contributed by atoms with Crippen molar-refractivity contribution >= 4 is 5.97 Å². The van der Waals surface area contributed by atoms with Gasteiger partial charge in [-0.25, -0.2) is 13.6 Å². The third-order valence-electron chi connectivity index (χ3n) is 2.87. The number of aromatic carboxylic acids is 1. The molecule has 0 unspecified atom stereocenters. The smallest absolute Gasteiger partial charge is 0.352 e. The first-order valence-electron chi connectivity index (χ1n) is 5.82. The average molecular weight is 265 g/mol. The summed E-state index contributed by atoms with van der Waals surface area (Å²) in [6.07, 6.45) is 0. The molecule has 0 radical (unpaired) electrons. The van der Waals surface area contributed by atoms with Crippen molar-refractivity contribution < 1.29 is 18.7 Å². The van der Waals surface area contributed by atoms with Gasteiger partial charge in [-0.1, -0.05) is 6.07 Å². The summed E-state index contributed by atoms with van der Waals surface area (Å²) in [7, 11) is 0. The maximum atomic E-state index is 13.8. The van der Waals surface area contributed by atoms with Crippen LogP contribution in [-0.4, -0.2) is 15.6 Å². The predicted octanol–water partition coefficient (Wildman–Crippen LogP) is 3.71. The average Bonchev–Trinajstić information content (AvgIpc) is 2.73. The molecule has 0 atom stereocenters. The predicted molar refractivity (Wildman–Crippen MR) is 67.1 cm³/mol. The fourth-order valence-electron chi connectivity index (χ4n) is 2.13. The molecule has 1 heterocycles. The Morgan fingerprint density at radius 2 is 1.74 bits per heavy atom.